The molecule has 3 aromatic rings. The van der Waals surface area contributed by atoms with Gasteiger partial charge in [-0.1, -0.05) is 19.1 Å². The van der Waals surface area contributed by atoms with E-state index in [2.05, 4.69) is 20.3 Å². The van der Waals surface area contributed by atoms with Gasteiger partial charge in [0, 0.05) is 55.9 Å². The monoisotopic (exact) mass is 1020 g/mol. The fourth-order valence-corrected chi connectivity index (χ4v) is 11.1. The standard InChI is InChI=1S/C48H59F3N6O11S2/c1-6-37-39(54-43(61)68-46(48(49,50)51)16-10-19-64-27-46)40(58)57-26-34(67-33-21-35(53-36(22-33)38-25-52-28-69-38)30-12-14-32(15-13-30)66-29(2)3)24-45(57,5)41(59)55-47(23-31(47)11-8-7-9-20-65-37)42(60)56-70(62,63)44(4)17-18-44/h8,11-15,21-22,25,28-29,31,34,37,39H,6-7,9-10,16-20,23-24,26-27H2,1-5H3,(H,54,61)(H,55,59)(H,56,60). The molecule has 7 atom stereocenters. The summed E-state index contributed by atoms with van der Waals surface area (Å²) in [5, 5.41) is 5.25. The fraction of sp³-hybridized carbons (Fsp3) is 0.583. The smallest absolute Gasteiger partial charge is 0.430 e. The summed E-state index contributed by atoms with van der Waals surface area (Å²) in [5.41, 5.74) is -3.18. The Morgan fingerprint density at radius 3 is 2.41 bits per heavy atom. The summed E-state index contributed by atoms with van der Waals surface area (Å²) in [5.74, 6) is -2.31. The third-order valence-electron chi connectivity index (χ3n) is 13.8. The molecule has 3 aliphatic heterocycles. The molecule has 17 nitrogen and oxygen atoms in total. The molecule has 2 aromatic heterocycles. The lowest BCUT2D eigenvalue weighted by molar-refractivity contribution is -0.285. The third-order valence-corrected chi connectivity index (χ3v) is 16.8. The fourth-order valence-electron chi connectivity index (χ4n) is 9.20. The molecular weight excluding hydrogens is 958 g/mol. The van der Waals surface area contributed by atoms with Crippen molar-refractivity contribution in [2.45, 2.75) is 144 Å². The van der Waals surface area contributed by atoms with Crippen LogP contribution in [0.2, 0.25) is 0 Å². The van der Waals surface area contributed by atoms with Gasteiger partial charge in [-0.15, -0.1) is 11.3 Å². The van der Waals surface area contributed by atoms with Crippen molar-refractivity contribution in [1.82, 2.24) is 30.2 Å². The lowest BCUT2D eigenvalue weighted by Gasteiger charge is -2.40. The van der Waals surface area contributed by atoms with Gasteiger partial charge < -0.3 is 39.2 Å². The van der Waals surface area contributed by atoms with Gasteiger partial charge in [0.2, 0.25) is 27.4 Å². The molecule has 22 heteroatoms. The van der Waals surface area contributed by atoms with Crippen LogP contribution in [0.5, 0.6) is 11.5 Å². The second-order valence-corrected chi connectivity index (χ2v) is 22.5. The zero-order valence-electron chi connectivity index (χ0n) is 39.6. The zero-order valence-corrected chi connectivity index (χ0v) is 41.3. The molecule has 4 fully saturated rings. The molecule has 380 valence electrons. The summed E-state index contributed by atoms with van der Waals surface area (Å²) in [6.45, 7) is 7.36. The molecule has 3 N–H and O–H groups in total. The van der Waals surface area contributed by atoms with Crippen LogP contribution < -0.4 is 24.8 Å². The van der Waals surface area contributed by atoms with Crippen LogP contribution in [0.4, 0.5) is 18.0 Å². The van der Waals surface area contributed by atoms with E-state index in [1.54, 1.807) is 42.9 Å². The second kappa shape index (κ2) is 19.7. The van der Waals surface area contributed by atoms with Crippen molar-refractivity contribution in [1.29, 1.82) is 0 Å². The Balaban J connectivity index is 1.16. The highest BCUT2D eigenvalue weighted by molar-refractivity contribution is 7.91. The normalized spacial score (nSPS) is 29.1. The Hall–Kier alpha value is -5.32. The quantitative estimate of drug-likeness (QED) is 0.163. The van der Waals surface area contributed by atoms with Gasteiger partial charge in [0.15, 0.2) is 0 Å². The van der Waals surface area contributed by atoms with Gasteiger partial charge in [0.1, 0.15) is 34.7 Å². The number of alkyl carbamates (subject to hydrolysis) is 1. The molecule has 2 aliphatic carbocycles. The van der Waals surface area contributed by atoms with Gasteiger partial charge in [-0.3, -0.25) is 24.1 Å². The van der Waals surface area contributed by atoms with E-state index in [9.17, 15) is 31.2 Å². The molecule has 5 heterocycles. The van der Waals surface area contributed by atoms with Crippen molar-refractivity contribution >= 4 is 45.2 Å². The summed E-state index contributed by atoms with van der Waals surface area (Å²) in [6, 6.07) is 9.04. The molecular formula is C48H59F3N6O11S2. The number of thiazole rings is 1. The number of pyridine rings is 1. The maximum Gasteiger partial charge on any atom is 0.430 e. The van der Waals surface area contributed by atoms with Crippen molar-refractivity contribution < 1.29 is 64.5 Å². The van der Waals surface area contributed by atoms with Crippen LogP contribution in [0.15, 0.2) is 60.3 Å². The number of benzene rings is 1. The minimum Gasteiger partial charge on any atom is -0.491 e. The minimum atomic E-state index is -5.02. The van der Waals surface area contributed by atoms with Crippen LogP contribution in [0, 0.1) is 5.92 Å². The van der Waals surface area contributed by atoms with E-state index < -0.39 is 98.6 Å². The van der Waals surface area contributed by atoms with E-state index >= 15 is 9.59 Å². The third kappa shape index (κ3) is 10.5. The number of fused-ring (bicyclic) bond motifs is 2. The molecule has 8 rings (SSSR count). The van der Waals surface area contributed by atoms with Crippen molar-refractivity contribution in [3.63, 3.8) is 0 Å². The summed E-state index contributed by atoms with van der Waals surface area (Å²) < 4.78 is 101. The number of ether oxygens (including phenoxy) is 5. The number of amides is 4. The molecule has 1 aromatic carbocycles. The van der Waals surface area contributed by atoms with Crippen LogP contribution in [0.1, 0.15) is 92.4 Å². The van der Waals surface area contributed by atoms with E-state index in [0.29, 0.717) is 48.6 Å². The van der Waals surface area contributed by atoms with Crippen molar-refractivity contribution in [3.8, 4) is 33.3 Å². The number of sulfonamides is 1. The number of carbonyl (C=O) groups is 4. The maximum absolute atomic E-state index is 15.3. The van der Waals surface area contributed by atoms with Crippen LogP contribution in [-0.2, 0) is 38.6 Å². The van der Waals surface area contributed by atoms with Gasteiger partial charge in [-0.2, -0.15) is 13.2 Å². The first-order valence-corrected chi connectivity index (χ1v) is 25.9. The van der Waals surface area contributed by atoms with Gasteiger partial charge in [0.25, 0.3) is 5.91 Å². The van der Waals surface area contributed by atoms with E-state index in [1.165, 1.54) is 30.1 Å². The summed E-state index contributed by atoms with van der Waals surface area (Å²) in [7, 11) is -4.14. The highest BCUT2D eigenvalue weighted by Gasteiger charge is 2.65. The first-order chi connectivity index (χ1) is 33.1. The molecule has 2 saturated heterocycles. The van der Waals surface area contributed by atoms with E-state index in [4.69, 9.17) is 28.7 Å². The lowest BCUT2D eigenvalue weighted by atomic mass is 9.94. The Kier molecular flexibility index (Phi) is 14.4. The van der Waals surface area contributed by atoms with Crippen molar-refractivity contribution in [2.75, 3.05) is 26.4 Å². The number of hydrogen-bond acceptors (Lipinski definition) is 14. The Labute approximate surface area is 408 Å². The number of halogens is 3. The predicted molar refractivity (Wildman–Crippen MR) is 250 cm³/mol. The zero-order chi connectivity index (χ0) is 50.3. The topological polar surface area (TPSA) is 214 Å². The highest BCUT2D eigenvalue weighted by Crippen LogP contribution is 2.48. The molecule has 70 heavy (non-hydrogen) atoms. The van der Waals surface area contributed by atoms with Gasteiger partial charge in [0.05, 0.1) is 51.9 Å². The van der Waals surface area contributed by atoms with E-state index in [1.807, 2.05) is 38.1 Å². The first kappa shape index (κ1) is 51.0. The number of carbonyl (C=O) groups excluding carboxylic acids is 4. The van der Waals surface area contributed by atoms with Crippen LogP contribution in [0.3, 0.4) is 0 Å². The Morgan fingerprint density at radius 1 is 1.03 bits per heavy atom. The summed E-state index contributed by atoms with van der Waals surface area (Å²) >= 11 is 1.35. The van der Waals surface area contributed by atoms with E-state index in [0.717, 1.165) is 10.4 Å². The lowest BCUT2D eigenvalue weighted by Crippen LogP contribution is -2.65. The minimum absolute atomic E-state index is 0.0386. The summed E-state index contributed by atoms with van der Waals surface area (Å²) in [4.78, 5) is 69.4. The average molecular weight is 1020 g/mol. The van der Waals surface area contributed by atoms with Crippen LogP contribution in [-0.4, -0.2) is 125 Å². The van der Waals surface area contributed by atoms with Crippen LogP contribution in [0.25, 0.3) is 21.8 Å². The van der Waals surface area contributed by atoms with Crippen LogP contribution >= 0.6 is 11.3 Å². The number of alkyl halides is 3. The highest BCUT2D eigenvalue weighted by atomic mass is 32.2. The van der Waals surface area contributed by atoms with Crippen molar-refractivity contribution in [2.24, 2.45) is 5.92 Å². The van der Waals surface area contributed by atoms with Gasteiger partial charge in [-0.25, -0.2) is 18.2 Å². The maximum atomic E-state index is 15.3. The average Bonchev–Trinajstić information content (AvgIpc) is 4.09. The van der Waals surface area contributed by atoms with Gasteiger partial charge >= 0.3 is 12.3 Å². The number of hydrogen-bond donors (Lipinski definition) is 3. The predicted octanol–water partition coefficient (Wildman–Crippen LogP) is 6.62. The molecule has 0 spiro atoms. The van der Waals surface area contributed by atoms with Crippen molar-refractivity contribution in [3.05, 3.63) is 60.3 Å². The molecule has 2 saturated carbocycles. The molecule has 4 amide bonds. The SMILES string of the molecule is CCC1OCCCC=CC2CC2(C(=O)NS(=O)(=O)C2(C)CC2)NC(=O)C2(C)CC(Oc3cc(-c4ccc(OC(C)C)cc4)nc(-c4cncs4)c3)CN2C(=O)C1NC(=O)OC1(C(F)(F)F)CCCOC1. The number of allylic oxidation sites excluding steroid dienone is 1. The number of nitrogens with zero attached hydrogens (tertiary/aromatic N) is 3. The molecule has 7 unspecified atom stereocenters. The number of nitrogens with one attached hydrogen (secondary N) is 3. The number of rotatable bonds is 12. The van der Waals surface area contributed by atoms with Gasteiger partial charge in [-0.05, 0) is 96.9 Å². The first-order valence-electron chi connectivity index (χ1n) is 23.6. The van der Waals surface area contributed by atoms with E-state index in [-0.39, 0.29) is 51.5 Å². The molecule has 0 radical (unpaired) electrons. The molecule has 0 bridgehead atoms. The summed E-state index contributed by atoms with van der Waals surface area (Å²) in [6.07, 6.45) is -2.64. The largest absolute Gasteiger partial charge is 0.491 e. The Morgan fingerprint density at radius 2 is 1.77 bits per heavy atom. The number of aromatic nitrogens is 2. The second-order valence-electron chi connectivity index (χ2n) is 19.5. The molecule has 5 aliphatic rings. The Bertz CT molecular complexity index is 2570.